The molecule has 0 N–H and O–H groups in total. The van der Waals surface area contributed by atoms with Gasteiger partial charge in [0.15, 0.2) is 5.82 Å². The maximum absolute atomic E-state index is 5.96. The molecule has 2 aromatic carbocycles. The van der Waals surface area contributed by atoms with Gasteiger partial charge in [0, 0.05) is 54.0 Å². The Kier molecular flexibility index (Phi) is 4.87. The maximum atomic E-state index is 5.96. The van der Waals surface area contributed by atoms with Gasteiger partial charge in [-0.2, -0.15) is 0 Å². The Morgan fingerprint density at radius 1 is 1.12 bits per heavy atom. The highest BCUT2D eigenvalue weighted by molar-refractivity contribution is 6.30. The number of ether oxygens (including phenoxy) is 1. The van der Waals surface area contributed by atoms with Crippen LogP contribution >= 0.6 is 11.6 Å². The molecule has 0 atom stereocenters. The van der Waals surface area contributed by atoms with Gasteiger partial charge in [-0.05, 0) is 30.3 Å². The molecule has 1 aliphatic rings. The van der Waals surface area contributed by atoms with Crippen LogP contribution in [-0.4, -0.2) is 28.5 Å². The fourth-order valence-electron chi connectivity index (χ4n) is 3.32. The van der Waals surface area contributed by atoms with Crippen molar-refractivity contribution in [1.29, 1.82) is 0 Å². The molecule has 132 valence electrons. The fourth-order valence-corrected chi connectivity index (χ4v) is 3.45. The van der Waals surface area contributed by atoms with Crippen molar-refractivity contribution in [2.24, 2.45) is 0 Å². The second kappa shape index (κ2) is 7.44. The standard InChI is InChI=1S/C21H20ClN3O/c1-26-20-5-3-2-4-16(20)13-25-11-10-19-17(14-25)12-23-21(24-19)15-6-8-18(22)9-7-15/h2-9,12H,10-11,13-14H2,1H3. The Morgan fingerprint density at radius 2 is 1.92 bits per heavy atom. The van der Waals surface area contributed by atoms with E-state index in [9.17, 15) is 0 Å². The van der Waals surface area contributed by atoms with Gasteiger partial charge >= 0.3 is 0 Å². The zero-order chi connectivity index (χ0) is 17.9. The molecule has 3 aromatic rings. The molecule has 1 aliphatic heterocycles. The molecule has 0 unspecified atom stereocenters. The second-order valence-corrected chi connectivity index (χ2v) is 6.88. The predicted molar refractivity (Wildman–Crippen MR) is 103 cm³/mol. The van der Waals surface area contributed by atoms with Crippen molar-refractivity contribution in [1.82, 2.24) is 14.9 Å². The summed E-state index contributed by atoms with van der Waals surface area (Å²) in [6.07, 6.45) is 2.88. The molecule has 1 aromatic heterocycles. The van der Waals surface area contributed by atoms with Crippen LogP contribution in [0.2, 0.25) is 5.02 Å². The predicted octanol–water partition coefficient (Wildman–Crippen LogP) is 4.36. The minimum absolute atomic E-state index is 0.721. The summed E-state index contributed by atoms with van der Waals surface area (Å²) in [6, 6.07) is 15.8. The van der Waals surface area contributed by atoms with E-state index in [1.54, 1.807) is 7.11 Å². The van der Waals surface area contributed by atoms with E-state index in [0.717, 1.165) is 53.9 Å². The minimum atomic E-state index is 0.721. The fraction of sp³-hybridized carbons (Fsp3) is 0.238. The van der Waals surface area contributed by atoms with Gasteiger partial charge in [-0.3, -0.25) is 4.90 Å². The number of nitrogens with zero attached hydrogens (tertiary/aromatic N) is 3. The average molecular weight is 366 g/mol. The smallest absolute Gasteiger partial charge is 0.159 e. The van der Waals surface area contributed by atoms with Crippen LogP contribution in [0, 0.1) is 0 Å². The monoisotopic (exact) mass is 365 g/mol. The SMILES string of the molecule is COc1ccccc1CN1CCc2nc(-c3ccc(Cl)cc3)ncc2C1. The number of hydrogen-bond acceptors (Lipinski definition) is 4. The average Bonchev–Trinajstić information content (AvgIpc) is 2.68. The zero-order valence-electron chi connectivity index (χ0n) is 14.7. The van der Waals surface area contributed by atoms with Crippen LogP contribution in [0.25, 0.3) is 11.4 Å². The summed E-state index contributed by atoms with van der Waals surface area (Å²) < 4.78 is 5.47. The first-order chi connectivity index (χ1) is 12.7. The van der Waals surface area contributed by atoms with Crippen molar-refractivity contribution in [3.8, 4) is 17.1 Å². The largest absolute Gasteiger partial charge is 0.496 e. The molecule has 0 saturated heterocycles. The molecule has 4 rings (SSSR count). The Morgan fingerprint density at radius 3 is 2.73 bits per heavy atom. The summed E-state index contributed by atoms with van der Waals surface area (Å²) in [5, 5.41) is 0.721. The van der Waals surface area contributed by atoms with Crippen molar-refractivity contribution in [3.63, 3.8) is 0 Å². The highest BCUT2D eigenvalue weighted by Gasteiger charge is 2.19. The van der Waals surface area contributed by atoms with E-state index >= 15 is 0 Å². The van der Waals surface area contributed by atoms with Crippen LogP contribution in [0.3, 0.4) is 0 Å². The molecule has 2 heterocycles. The molecule has 4 nitrogen and oxygen atoms in total. The molecule has 0 aliphatic carbocycles. The highest BCUT2D eigenvalue weighted by atomic mass is 35.5. The summed E-state index contributed by atoms with van der Waals surface area (Å²) >= 11 is 5.96. The van der Waals surface area contributed by atoms with Gasteiger partial charge < -0.3 is 4.74 Å². The topological polar surface area (TPSA) is 38.2 Å². The Labute approximate surface area is 158 Å². The lowest BCUT2D eigenvalue weighted by Gasteiger charge is -2.28. The van der Waals surface area contributed by atoms with Crippen LogP contribution in [0.15, 0.2) is 54.7 Å². The normalized spacial score (nSPS) is 14.1. The number of para-hydroxylation sites is 1. The molecule has 0 radical (unpaired) electrons. The molecular weight excluding hydrogens is 346 g/mol. The van der Waals surface area contributed by atoms with E-state index in [0.29, 0.717) is 0 Å². The summed E-state index contributed by atoms with van der Waals surface area (Å²) in [7, 11) is 1.72. The first-order valence-electron chi connectivity index (χ1n) is 8.68. The number of benzene rings is 2. The molecule has 0 spiro atoms. The molecule has 0 saturated carbocycles. The molecule has 0 bridgehead atoms. The molecule has 26 heavy (non-hydrogen) atoms. The van der Waals surface area contributed by atoms with E-state index in [-0.39, 0.29) is 0 Å². The second-order valence-electron chi connectivity index (χ2n) is 6.44. The number of hydrogen-bond donors (Lipinski definition) is 0. The van der Waals surface area contributed by atoms with Crippen LogP contribution in [0.5, 0.6) is 5.75 Å². The van der Waals surface area contributed by atoms with Gasteiger partial charge in [0.25, 0.3) is 0 Å². The molecular formula is C21H20ClN3O. The Bertz CT molecular complexity index is 911. The van der Waals surface area contributed by atoms with Crippen molar-refractivity contribution >= 4 is 11.6 Å². The lowest BCUT2D eigenvalue weighted by atomic mass is 10.1. The number of fused-ring (bicyclic) bond motifs is 1. The van der Waals surface area contributed by atoms with Crippen LogP contribution in [-0.2, 0) is 19.5 Å². The zero-order valence-corrected chi connectivity index (χ0v) is 15.4. The van der Waals surface area contributed by atoms with Crippen molar-refractivity contribution in [2.75, 3.05) is 13.7 Å². The van der Waals surface area contributed by atoms with Gasteiger partial charge in [-0.25, -0.2) is 9.97 Å². The molecule has 5 heteroatoms. The van der Waals surface area contributed by atoms with E-state index in [4.69, 9.17) is 21.3 Å². The Balaban J connectivity index is 1.52. The van der Waals surface area contributed by atoms with Gasteiger partial charge in [-0.1, -0.05) is 29.8 Å². The number of methoxy groups -OCH3 is 1. The Hall–Kier alpha value is -2.43. The molecule has 0 fully saturated rings. The summed E-state index contributed by atoms with van der Waals surface area (Å²) in [4.78, 5) is 11.8. The summed E-state index contributed by atoms with van der Waals surface area (Å²) in [5.41, 5.74) is 4.54. The quantitative estimate of drug-likeness (QED) is 0.688. The van der Waals surface area contributed by atoms with Gasteiger partial charge in [0.05, 0.1) is 12.8 Å². The molecule has 0 amide bonds. The number of halogens is 1. The van der Waals surface area contributed by atoms with E-state index in [2.05, 4.69) is 22.0 Å². The third kappa shape index (κ3) is 3.57. The lowest BCUT2D eigenvalue weighted by molar-refractivity contribution is 0.239. The van der Waals surface area contributed by atoms with Crippen LogP contribution < -0.4 is 4.74 Å². The number of aromatic nitrogens is 2. The first-order valence-corrected chi connectivity index (χ1v) is 9.06. The van der Waals surface area contributed by atoms with Crippen molar-refractivity contribution in [2.45, 2.75) is 19.5 Å². The summed E-state index contributed by atoms with van der Waals surface area (Å²) in [5.74, 6) is 1.70. The van der Waals surface area contributed by atoms with Gasteiger partial charge in [-0.15, -0.1) is 0 Å². The third-order valence-electron chi connectivity index (χ3n) is 4.70. The maximum Gasteiger partial charge on any atom is 0.159 e. The van der Waals surface area contributed by atoms with Crippen molar-refractivity contribution < 1.29 is 4.74 Å². The van der Waals surface area contributed by atoms with Gasteiger partial charge in [0.2, 0.25) is 0 Å². The summed E-state index contributed by atoms with van der Waals surface area (Å²) in [6.45, 7) is 2.69. The van der Waals surface area contributed by atoms with Crippen LogP contribution in [0.1, 0.15) is 16.8 Å². The van der Waals surface area contributed by atoms with Gasteiger partial charge in [0.1, 0.15) is 5.75 Å². The van der Waals surface area contributed by atoms with Crippen molar-refractivity contribution in [3.05, 3.63) is 76.6 Å². The van der Waals surface area contributed by atoms with Crippen LogP contribution in [0.4, 0.5) is 0 Å². The van der Waals surface area contributed by atoms with E-state index in [1.165, 1.54) is 11.1 Å². The first kappa shape index (κ1) is 17.0. The minimum Gasteiger partial charge on any atom is -0.496 e. The van der Waals surface area contributed by atoms with E-state index in [1.807, 2.05) is 42.6 Å². The third-order valence-corrected chi connectivity index (χ3v) is 4.95. The lowest BCUT2D eigenvalue weighted by Crippen LogP contribution is -2.31. The van der Waals surface area contributed by atoms with E-state index < -0.39 is 0 Å². The number of rotatable bonds is 4. The highest BCUT2D eigenvalue weighted by Crippen LogP contribution is 2.25.